The topological polar surface area (TPSA) is 72.2 Å². The van der Waals surface area contributed by atoms with Crippen LogP contribution < -0.4 is 10.5 Å². The average molecular weight is 208 g/mol. The van der Waals surface area contributed by atoms with Crippen molar-refractivity contribution in [2.75, 3.05) is 12.8 Å². The highest BCUT2D eigenvalue weighted by Gasteiger charge is 2.14. The lowest BCUT2D eigenvalue weighted by Crippen LogP contribution is -2.41. The first-order chi connectivity index (χ1) is 5.90. The van der Waals surface area contributed by atoms with Gasteiger partial charge in [0.1, 0.15) is 0 Å². The Balaban J connectivity index is 3.92. The zero-order valence-electron chi connectivity index (χ0n) is 8.58. The number of rotatable bonds is 6. The maximum Gasteiger partial charge on any atom is 0.208 e. The van der Waals surface area contributed by atoms with E-state index in [1.165, 1.54) is 0 Å². The van der Waals surface area contributed by atoms with Gasteiger partial charge in [0.25, 0.3) is 0 Å². The summed E-state index contributed by atoms with van der Waals surface area (Å²) in [7, 11) is -3.10. The van der Waals surface area contributed by atoms with Gasteiger partial charge in [0.2, 0.25) is 10.0 Å². The van der Waals surface area contributed by atoms with E-state index in [-0.39, 0.29) is 6.04 Å². The lowest BCUT2D eigenvalue weighted by atomic mass is 9.95. The highest BCUT2D eigenvalue weighted by Crippen LogP contribution is 2.10. The average Bonchev–Trinajstić information content (AvgIpc) is 2.02. The second-order valence-corrected chi connectivity index (χ2v) is 5.19. The maximum atomic E-state index is 10.8. The Morgan fingerprint density at radius 2 is 1.77 bits per heavy atom. The molecule has 0 bridgehead atoms. The van der Waals surface area contributed by atoms with E-state index in [1.54, 1.807) is 0 Å². The van der Waals surface area contributed by atoms with Gasteiger partial charge in [-0.2, -0.15) is 0 Å². The normalized spacial score (nSPS) is 14.8. The molecule has 1 atom stereocenters. The van der Waals surface area contributed by atoms with Crippen LogP contribution in [0.15, 0.2) is 0 Å². The van der Waals surface area contributed by atoms with Gasteiger partial charge in [-0.25, -0.2) is 13.1 Å². The van der Waals surface area contributed by atoms with Gasteiger partial charge >= 0.3 is 0 Å². The standard InChI is InChI=1S/C8H20N2O2S/c1-4-7(5-2)8(9)6-10-13(3,11)12/h7-8,10H,4-6,9H2,1-3H3. The smallest absolute Gasteiger partial charge is 0.208 e. The lowest BCUT2D eigenvalue weighted by Gasteiger charge is -2.20. The van der Waals surface area contributed by atoms with Gasteiger partial charge in [0, 0.05) is 12.6 Å². The largest absolute Gasteiger partial charge is 0.326 e. The SMILES string of the molecule is CCC(CC)C(N)CNS(C)(=O)=O. The Hall–Kier alpha value is -0.130. The third-order valence-corrected chi connectivity index (χ3v) is 2.93. The third kappa shape index (κ3) is 6.01. The Bertz CT molecular complexity index is 222. The Morgan fingerprint density at radius 3 is 2.08 bits per heavy atom. The van der Waals surface area contributed by atoms with E-state index in [4.69, 9.17) is 5.73 Å². The summed E-state index contributed by atoms with van der Waals surface area (Å²) in [5.41, 5.74) is 5.82. The molecule has 0 radical (unpaired) electrons. The number of nitrogens with two attached hydrogens (primary N) is 1. The summed E-state index contributed by atoms with van der Waals surface area (Å²) in [6.45, 7) is 4.47. The maximum absolute atomic E-state index is 10.8. The lowest BCUT2D eigenvalue weighted by molar-refractivity contribution is 0.393. The van der Waals surface area contributed by atoms with Crippen LogP contribution in [-0.2, 0) is 10.0 Å². The molecule has 0 fully saturated rings. The predicted octanol–water partition coefficient (Wildman–Crippen LogP) is 0.299. The van der Waals surface area contributed by atoms with Crippen molar-refractivity contribution in [3.05, 3.63) is 0 Å². The molecule has 0 aromatic carbocycles. The van der Waals surface area contributed by atoms with Gasteiger partial charge in [-0.05, 0) is 5.92 Å². The third-order valence-electron chi connectivity index (χ3n) is 2.24. The number of sulfonamides is 1. The van der Waals surface area contributed by atoms with Crippen LogP contribution in [0.1, 0.15) is 26.7 Å². The first kappa shape index (κ1) is 12.9. The van der Waals surface area contributed by atoms with Gasteiger partial charge in [-0.15, -0.1) is 0 Å². The molecule has 0 saturated heterocycles. The van der Waals surface area contributed by atoms with E-state index in [0.717, 1.165) is 19.1 Å². The van der Waals surface area contributed by atoms with Gasteiger partial charge in [-0.3, -0.25) is 0 Å². The zero-order valence-corrected chi connectivity index (χ0v) is 9.39. The molecule has 5 heteroatoms. The summed E-state index contributed by atoms with van der Waals surface area (Å²) in [5.74, 6) is 0.397. The van der Waals surface area contributed by atoms with Gasteiger partial charge in [0.15, 0.2) is 0 Å². The van der Waals surface area contributed by atoms with E-state index in [9.17, 15) is 8.42 Å². The first-order valence-corrected chi connectivity index (χ1v) is 6.50. The van der Waals surface area contributed by atoms with Crippen molar-refractivity contribution in [1.29, 1.82) is 0 Å². The summed E-state index contributed by atoms with van der Waals surface area (Å²) in [6, 6.07) is -0.0790. The zero-order chi connectivity index (χ0) is 10.5. The fraction of sp³-hybridized carbons (Fsp3) is 1.00. The molecule has 0 aromatic heterocycles. The molecule has 0 heterocycles. The van der Waals surface area contributed by atoms with Crippen molar-refractivity contribution in [1.82, 2.24) is 4.72 Å². The molecule has 0 aliphatic rings. The van der Waals surface area contributed by atoms with Crippen LogP contribution in [0.4, 0.5) is 0 Å². The number of nitrogens with one attached hydrogen (secondary N) is 1. The monoisotopic (exact) mass is 208 g/mol. The molecule has 13 heavy (non-hydrogen) atoms. The summed E-state index contributed by atoms with van der Waals surface area (Å²) in [6.07, 6.45) is 3.12. The fourth-order valence-electron chi connectivity index (χ4n) is 1.31. The number of hydrogen-bond acceptors (Lipinski definition) is 3. The van der Waals surface area contributed by atoms with E-state index in [0.29, 0.717) is 12.5 Å². The Kier molecular flexibility index (Phi) is 5.51. The molecule has 80 valence electrons. The minimum Gasteiger partial charge on any atom is -0.326 e. The minimum atomic E-state index is -3.10. The molecular formula is C8H20N2O2S. The van der Waals surface area contributed by atoms with Crippen molar-refractivity contribution >= 4 is 10.0 Å². The molecule has 1 unspecified atom stereocenters. The van der Waals surface area contributed by atoms with Crippen LogP contribution in [0.5, 0.6) is 0 Å². The fourth-order valence-corrected chi connectivity index (χ4v) is 1.80. The van der Waals surface area contributed by atoms with Gasteiger partial charge < -0.3 is 5.73 Å². The highest BCUT2D eigenvalue weighted by molar-refractivity contribution is 7.88. The van der Waals surface area contributed by atoms with Crippen molar-refractivity contribution in [2.24, 2.45) is 11.7 Å². The van der Waals surface area contributed by atoms with Crippen LogP contribution in [0.2, 0.25) is 0 Å². The predicted molar refractivity (Wildman–Crippen MR) is 54.9 cm³/mol. The van der Waals surface area contributed by atoms with Crippen LogP contribution >= 0.6 is 0 Å². The molecule has 0 aromatic rings. The van der Waals surface area contributed by atoms with Crippen molar-refractivity contribution in [3.8, 4) is 0 Å². The van der Waals surface area contributed by atoms with Gasteiger partial charge in [0.05, 0.1) is 6.26 Å². The summed E-state index contributed by atoms with van der Waals surface area (Å²) < 4.78 is 24.0. The van der Waals surface area contributed by atoms with Crippen LogP contribution in [0, 0.1) is 5.92 Å². The second-order valence-electron chi connectivity index (χ2n) is 3.36. The molecule has 0 rings (SSSR count). The molecule has 0 amide bonds. The molecule has 0 spiro atoms. The second kappa shape index (κ2) is 5.57. The minimum absolute atomic E-state index is 0.0790. The molecule has 4 nitrogen and oxygen atoms in total. The number of hydrogen-bond donors (Lipinski definition) is 2. The Labute approximate surface area is 80.9 Å². The van der Waals surface area contributed by atoms with Gasteiger partial charge in [-0.1, -0.05) is 26.7 Å². The van der Waals surface area contributed by atoms with Crippen molar-refractivity contribution in [2.45, 2.75) is 32.7 Å². The van der Waals surface area contributed by atoms with E-state index in [2.05, 4.69) is 18.6 Å². The molecule has 3 N–H and O–H groups in total. The summed E-state index contributed by atoms with van der Waals surface area (Å²) >= 11 is 0. The van der Waals surface area contributed by atoms with E-state index < -0.39 is 10.0 Å². The Morgan fingerprint density at radius 1 is 1.31 bits per heavy atom. The van der Waals surface area contributed by atoms with Crippen LogP contribution in [-0.4, -0.2) is 27.3 Å². The van der Waals surface area contributed by atoms with Crippen molar-refractivity contribution in [3.63, 3.8) is 0 Å². The molecule has 0 saturated carbocycles. The molecule has 0 aliphatic carbocycles. The first-order valence-electron chi connectivity index (χ1n) is 4.60. The highest BCUT2D eigenvalue weighted by atomic mass is 32.2. The summed E-state index contributed by atoms with van der Waals surface area (Å²) in [4.78, 5) is 0. The molecular weight excluding hydrogens is 188 g/mol. The van der Waals surface area contributed by atoms with Crippen molar-refractivity contribution < 1.29 is 8.42 Å². The van der Waals surface area contributed by atoms with Crippen LogP contribution in [0.25, 0.3) is 0 Å². The summed E-state index contributed by atoms with van der Waals surface area (Å²) in [5, 5.41) is 0. The van der Waals surface area contributed by atoms with Crippen LogP contribution in [0.3, 0.4) is 0 Å². The van der Waals surface area contributed by atoms with E-state index in [1.807, 2.05) is 0 Å². The molecule has 0 aliphatic heterocycles. The van der Waals surface area contributed by atoms with E-state index >= 15 is 0 Å². The quantitative estimate of drug-likeness (QED) is 0.659.